The zero-order valence-electron chi connectivity index (χ0n) is 10.1. The Morgan fingerprint density at radius 1 is 1.44 bits per heavy atom. The van der Waals surface area contributed by atoms with E-state index in [2.05, 4.69) is 44.8 Å². The van der Waals surface area contributed by atoms with Crippen molar-refractivity contribution in [2.45, 2.75) is 25.7 Å². The summed E-state index contributed by atoms with van der Waals surface area (Å²) in [6.45, 7) is 2.93. The summed E-state index contributed by atoms with van der Waals surface area (Å²) < 4.78 is 6.54. The summed E-state index contributed by atoms with van der Waals surface area (Å²) in [5.41, 5.74) is 1.16. The molecule has 0 amide bonds. The summed E-state index contributed by atoms with van der Waals surface area (Å²) >= 11 is 2.34. The first-order valence-electron chi connectivity index (χ1n) is 6.14. The third-order valence-electron chi connectivity index (χ3n) is 2.93. The van der Waals surface area contributed by atoms with E-state index in [1.807, 2.05) is 12.1 Å². The van der Waals surface area contributed by atoms with Crippen molar-refractivity contribution in [2.24, 2.45) is 0 Å². The molecular weight excluding hydrogens is 341 g/mol. The molecule has 1 aliphatic carbocycles. The number of anilines is 1. The first-order chi connectivity index (χ1) is 8.79. The summed E-state index contributed by atoms with van der Waals surface area (Å²) in [6, 6.07) is 3.76. The lowest BCUT2D eigenvalue weighted by atomic mass is 10.2. The second-order valence-electron chi connectivity index (χ2n) is 4.38. The van der Waals surface area contributed by atoms with E-state index in [0.29, 0.717) is 11.7 Å². The topological polar surface area (TPSA) is 51.0 Å². The van der Waals surface area contributed by atoms with Gasteiger partial charge in [-0.1, -0.05) is 0 Å². The van der Waals surface area contributed by atoms with Gasteiger partial charge in [0, 0.05) is 12.5 Å². The predicted molar refractivity (Wildman–Crippen MR) is 78.6 cm³/mol. The minimum atomic E-state index is 0.603. The smallest absolute Gasteiger partial charge is 0.197 e. The van der Waals surface area contributed by atoms with Crippen LogP contribution in [0, 0.1) is 3.57 Å². The maximum Gasteiger partial charge on any atom is 0.197 e. The van der Waals surface area contributed by atoms with E-state index in [-0.39, 0.29) is 0 Å². The number of aromatic nitrogens is 2. The van der Waals surface area contributed by atoms with Gasteiger partial charge in [-0.2, -0.15) is 0 Å². The molecule has 0 bridgehead atoms. The van der Waals surface area contributed by atoms with Crippen LogP contribution in [0.1, 0.15) is 31.4 Å². The Balaban J connectivity index is 2.09. The first-order valence-corrected chi connectivity index (χ1v) is 7.22. The van der Waals surface area contributed by atoms with Crippen LogP contribution in [0.4, 0.5) is 5.82 Å². The van der Waals surface area contributed by atoms with Crippen molar-refractivity contribution in [3.05, 3.63) is 27.7 Å². The average molecular weight is 355 g/mol. The van der Waals surface area contributed by atoms with Crippen LogP contribution in [-0.2, 0) is 0 Å². The number of furan rings is 1. The van der Waals surface area contributed by atoms with Gasteiger partial charge >= 0.3 is 0 Å². The molecule has 1 aliphatic rings. The fraction of sp³-hybridized carbons (Fsp3) is 0.385. The fourth-order valence-corrected chi connectivity index (χ4v) is 2.76. The van der Waals surface area contributed by atoms with Crippen LogP contribution >= 0.6 is 22.6 Å². The lowest BCUT2D eigenvalue weighted by molar-refractivity contribution is 0.576. The average Bonchev–Trinajstić information content (AvgIpc) is 3.06. The molecule has 0 aliphatic heterocycles. The third kappa shape index (κ3) is 2.23. The Hall–Kier alpha value is -1.11. The molecule has 0 radical (unpaired) electrons. The molecule has 2 aromatic rings. The zero-order valence-corrected chi connectivity index (χ0v) is 12.3. The summed E-state index contributed by atoms with van der Waals surface area (Å²) in [5, 5.41) is 3.30. The molecule has 18 heavy (non-hydrogen) atoms. The molecule has 4 nitrogen and oxygen atoms in total. The maximum absolute atomic E-state index is 5.39. The van der Waals surface area contributed by atoms with Crippen molar-refractivity contribution in [3.63, 3.8) is 0 Å². The molecule has 0 atom stereocenters. The highest BCUT2D eigenvalue weighted by molar-refractivity contribution is 14.1. The van der Waals surface area contributed by atoms with E-state index >= 15 is 0 Å². The van der Waals surface area contributed by atoms with E-state index in [0.717, 1.165) is 27.4 Å². The SMILES string of the molecule is CCNc1nc(-c2ccco2)nc(C2CC2)c1I. The molecular formula is C13H14IN3O. The van der Waals surface area contributed by atoms with Crippen molar-refractivity contribution >= 4 is 28.4 Å². The van der Waals surface area contributed by atoms with Gasteiger partial charge in [-0.15, -0.1) is 0 Å². The number of nitrogens with one attached hydrogen (secondary N) is 1. The highest BCUT2D eigenvalue weighted by atomic mass is 127. The van der Waals surface area contributed by atoms with Crippen molar-refractivity contribution in [3.8, 4) is 11.6 Å². The summed E-state index contributed by atoms with van der Waals surface area (Å²) in [4.78, 5) is 9.22. The Morgan fingerprint density at radius 3 is 2.89 bits per heavy atom. The Kier molecular flexibility index (Phi) is 3.23. The predicted octanol–water partition coefficient (Wildman–Crippen LogP) is 3.65. The summed E-state index contributed by atoms with van der Waals surface area (Å²) in [6.07, 6.45) is 4.12. The van der Waals surface area contributed by atoms with Gasteiger partial charge in [0.1, 0.15) is 5.82 Å². The minimum Gasteiger partial charge on any atom is -0.461 e. The molecule has 0 unspecified atom stereocenters. The van der Waals surface area contributed by atoms with Gasteiger partial charge < -0.3 is 9.73 Å². The zero-order chi connectivity index (χ0) is 12.5. The number of hydrogen-bond donors (Lipinski definition) is 1. The van der Waals surface area contributed by atoms with Crippen LogP contribution in [0.25, 0.3) is 11.6 Å². The van der Waals surface area contributed by atoms with Gasteiger partial charge in [0.15, 0.2) is 11.6 Å². The highest BCUT2D eigenvalue weighted by Gasteiger charge is 2.29. The normalized spacial score (nSPS) is 14.8. The van der Waals surface area contributed by atoms with Crippen molar-refractivity contribution < 1.29 is 4.42 Å². The molecule has 0 aromatic carbocycles. The number of nitrogens with zero attached hydrogens (tertiary/aromatic N) is 2. The fourth-order valence-electron chi connectivity index (χ4n) is 1.89. The standard InChI is InChI=1S/C13H14IN3O/c1-2-15-13-10(14)11(8-5-6-8)16-12(17-13)9-4-3-7-18-9/h3-4,7-8H,2,5-6H2,1H3,(H,15,16,17). The lowest BCUT2D eigenvalue weighted by Gasteiger charge is -2.10. The summed E-state index contributed by atoms with van der Waals surface area (Å²) in [5.74, 6) is 2.93. The largest absolute Gasteiger partial charge is 0.461 e. The van der Waals surface area contributed by atoms with Gasteiger partial charge in [-0.05, 0) is 54.5 Å². The van der Waals surface area contributed by atoms with Crippen LogP contribution in [0.15, 0.2) is 22.8 Å². The van der Waals surface area contributed by atoms with Crippen molar-refractivity contribution in [2.75, 3.05) is 11.9 Å². The molecule has 1 N–H and O–H groups in total. The van der Waals surface area contributed by atoms with Gasteiger partial charge in [0.25, 0.3) is 0 Å². The van der Waals surface area contributed by atoms with E-state index in [9.17, 15) is 0 Å². The molecule has 2 aromatic heterocycles. The van der Waals surface area contributed by atoms with Gasteiger partial charge in [0.2, 0.25) is 0 Å². The van der Waals surface area contributed by atoms with Crippen LogP contribution in [0.3, 0.4) is 0 Å². The van der Waals surface area contributed by atoms with E-state index in [4.69, 9.17) is 4.42 Å². The van der Waals surface area contributed by atoms with E-state index in [1.54, 1.807) is 6.26 Å². The Labute approximate surface area is 119 Å². The second kappa shape index (κ2) is 4.87. The van der Waals surface area contributed by atoms with Crippen LogP contribution < -0.4 is 5.32 Å². The van der Waals surface area contributed by atoms with Gasteiger partial charge in [-0.3, -0.25) is 0 Å². The molecule has 1 saturated carbocycles. The van der Waals surface area contributed by atoms with E-state index in [1.165, 1.54) is 12.8 Å². The highest BCUT2D eigenvalue weighted by Crippen LogP contribution is 2.42. The number of hydrogen-bond acceptors (Lipinski definition) is 4. The Morgan fingerprint density at radius 2 is 2.28 bits per heavy atom. The molecule has 0 saturated heterocycles. The summed E-state index contributed by atoms with van der Waals surface area (Å²) in [7, 11) is 0. The number of rotatable bonds is 4. The molecule has 0 spiro atoms. The lowest BCUT2D eigenvalue weighted by Crippen LogP contribution is -2.07. The maximum atomic E-state index is 5.39. The Bertz CT molecular complexity index is 550. The van der Waals surface area contributed by atoms with Crippen molar-refractivity contribution in [1.29, 1.82) is 0 Å². The van der Waals surface area contributed by atoms with Crippen LogP contribution in [0.5, 0.6) is 0 Å². The quantitative estimate of drug-likeness (QED) is 0.851. The minimum absolute atomic E-state index is 0.603. The molecule has 1 fully saturated rings. The monoisotopic (exact) mass is 355 g/mol. The molecule has 94 valence electrons. The first kappa shape index (κ1) is 12.0. The molecule has 3 rings (SSSR count). The van der Waals surface area contributed by atoms with Crippen LogP contribution in [0.2, 0.25) is 0 Å². The third-order valence-corrected chi connectivity index (χ3v) is 3.99. The van der Waals surface area contributed by atoms with E-state index < -0.39 is 0 Å². The van der Waals surface area contributed by atoms with Crippen molar-refractivity contribution in [1.82, 2.24) is 9.97 Å². The molecule has 2 heterocycles. The molecule has 5 heteroatoms. The second-order valence-corrected chi connectivity index (χ2v) is 5.46. The van der Waals surface area contributed by atoms with Gasteiger partial charge in [-0.25, -0.2) is 9.97 Å². The number of halogens is 1. The van der Waals surface area contributed by atoms with Crippen LogP contribution in [-0.4, -0.2) is 16.5 Å². The van der Waals surface area contributed by atoms with Gasteiger partial charge in [0.05, 0.1) is 15.5 Å².